The van der Waals surface area contributed by atoms with Gasteiger partial charge in [0.15, 0.2) is 5.13 Å². The summed E-state index contributed by atoms with van der Waals surface area (Å²) < 4.78 is 5.44. The molecule has 4 rings (SSSR count). The maximum atomic E-state index is 12.8. The van der Waals surface area contributed by atoms with Gasteiger partial charge in [-0.05, 0) is 6.08 Å². The minimum Gasteiger partial charge on any atom is -0.378 e. The van der Waals surface area contributed by atoms with Crippen LogP contribution < -0.4 is 4.90 Å². The van der Waals surface area contributed by atoms with Crippen LogP contribution in [0.25, 0.3) is 17.3 Å². The highest BCUT2D eigenvalue weighted by molar-refractivity contribution is 7.17. The molecule has 5 nitrogen and oxygen atoms in total. The fraction of sp³-hybridized carbons (Fsp3) is 0.174. The fourth-order valence-corrected chi connectivity index (χ4v) is 4.22. The molecule has 0 atom stereocenters. The molecule has 0 saturated carbocycles. The van der Waals surface area contributed by atoms with E-state index in [9.17, 15) is 10.1 Å². The van der Waals surface area contributed by atoms with Crippen LogP contribution in [0.4, 0.5) is 5.13 Å². The molecule has 0 amide bonds. The first kappa shape index (κ1) is 19.1. The Hall–Kier alpha value is -3.27. The number of morpholine rings is 1. The number of benzene rings is 2. The van der Waals surface area contributed by atoms with Gasteiger partial charge >= 0.3 is 0 Å². The molecule has 0 spiro atoms. The minimum absolute atomic E-state index is 0.102. The summed E-state index contributed by atoms with van der Waals surface area (Å²) in [7, 11) is 0. The van der Waals surface area contributed by atoms with Crippen molar-refractivity contribution in [3.8, 4) is 17.3 Å². The predicted octanol–water partition coefficient (Wildman–Crippen LogP) is 4.44. The Balaban J connectivity index is 1.76. The lowest BCUT2D eigenvalue weighted by atomic mass is 10.0. The smallest absolute Gasteiger partial charge is 0.203 e. The molecule has 3 aromatic rings. The van der Waals surface area contributed by atoms with Crippen LogP contribution in [0.1, 0.15) is 15.2 Å². The first-order valence-corrected chi connectivity index (χ1v) is 10.2. The lowest BCUT2D eigenvalue weighted by Crippen LogP contribution is -2.36. The van der Waals surface area contributed by atoms with Gasteiger partial charge in [0.1, 0.15) is 11.6 Å². The number of hydrogen-bond acceptors (Lipinski definition) is 6. The standard InChI is InChI=1S/C23H19N3O2S/c24-16-19(22(27)18-9-5-2-6-10-18)15-20-21(17-7-3-1-4-8-17)25-23(29-20)26-11-13-28-14-12-26/h1-10,15H,11-14H2/b19-15+. The largest absolute Gasteiger partial charge is 0.378 e. The Labute approximate surface area is 173 Å². The van der Waals surface area contributed by atoms with Crippen molar-refractivity contribution in [3.05, 3.63) is 76.7 Å². The number of nitriles is 1. The first-order chi connectivity index (χ1) is 14.3. The Morgan fingerprint density at radius 2 is 1.72 bits per heavy atom. The van der Waals surface area contributed by atoms with Gasteiger partial charge < -0.3 is 9.64 Å². The van der Waals surface area contributed by atoms with Crippen molar-refractivity contribution in [1.29, 1.82) is 5.26 Å². The number of carbonyl (C=O) groups excluding carboxylic acids is 1. The Morgan fingerprint density at radius 1 is 1.07 bits per heavy atom. The molecular formula is C23H19N3O2S. The molecule has 1 aromatic heterocycles. The predicted molar refractivity (Wildman–Crippen MR) is 115 cm³/mol. The van der Waals surface area contributed by atoms with Crippen molar-refractivity contribution in [1.82, 2.24) is 4.98 Å². The zero-order valence-electron chi connectivity index (χ0n) is 15.7. The Morgan fingerprint density at radius 3 is 2.38 bits per heavy atom. The highest BCUT2D eigenvalue weighted by Crippen LogP contribution is 2.35. The molecule has 2 aromatic carbocycles. The number of carbonyl (C=O) groups is 1. The number of thiazole rings is 1. The van der Waals surface area contributed by atoms with Crippen LogP contribution in [-0.2, 0) is 4.74 Å². The van der Waals surface area contributed by atoms with Crippen LogP contribution >= 0.6 is 11.3 Å². The van der Waals surface area contributed by atoms with Crippen molar-refractivity contribution in [2.75, 3.05) is 31.2 Å². The van der Waals surface area contributed by atoms with E-state index in [4.69, 9.17) is 9.72 Å². The van der Waals surface area contributed by atoms with Gasteiger partial charge in [-0.3, -0.25) is 4.79 Å². The second kappa shape index (κ2) is 8.82. The second-order valence-corrected chi connectivity index (χ2v) is 7.55. The Kier molecular flexibility index (Phi) is 5.80. The third kappa shape index (κ3) is 4.27. The van der Waals surface area contributed by atoms with Gasteiger partial charge in [0.05, 0.1) is 23.8 Å². The van der Waals surface area contributed by atoms with Crippen molar-refractivity contribution >= 4 is 28.3 Å². The summed E-state index contributed by atoms with van der Waals surface area (Å²) in [6.45, 7) is 2.89. The summed E-state index contributed by atoms with van der Waals surface area (Å²) in [4.78, 5) is 20.6. The summed E-state index contributed by atoms with van der Waals surface area (Å²) in [5.74, 6) is -0.284. The molecule has 0 radical (unpaired) electrons. The molecule has 0 N–H and O–H groups in total. The molecule has 0 bridgehead atoms. The molecular weight excluding hydrogens is 382 g/mol. The van der Waals surface area contributed by atoms with Crippen molar-refractivity contribution in [2.24, 2.45) is 0 Å². The van der Waals surface area contributed by atoms with Crippen molar-refractivity contribution < 1.29 is 9.53 Å². The molecule has 6 heteroatoms. The lowest BCUT2D eigenvalue weighted by molar-refractivity contribution is 0.104. The maximum Gasteiger partial charge on any atom is 0.203 e. The molecule has 1 aliphatic rings. The van der Waals surface area contributed by atoms with E-state index in [0.29, 0.717) is 18.8 Å². The van der Waals surface area contributed by atoms with Gasteiger partial charge in [-0.2, -0.15) is 5.26 Å². The van der Waals surface area contributed by atoms with E-state index < -0.39 is 0 Å². The summed E-state index contributed by atoms with van der Waals surface area (Å²) in [6.07, 6.45) is 1.67. The topological polar surface area (TPSA) is 66.2 Å². The Bertz CT molecular complexity index is 1060. The third-order valence-corrected chi connectivity index (χ3v) is 5.71. The van der Waals surface area contributed by atoms with Gasteiger partial charge in [0.25, 0.3) is 0 Å². The van der Waals surface area contributed by atoms with E-state index in [1.54, 1.807) is 30.3 Å². The van der Waals surface area contributed by atoms with E-state index in [1.807, 2.05) is 36.4 Å². The molecule has 0 unspecified atom stereocenters. The first-order valence-electron chi connectivity index (χ1n) is 9.37. The van der Waals surface area contributed by atoms with Gasteiger partial charge in [-0.25, -0.2) is 4.98 Å². The van der Waals surface area contributed by atoms with Gasteiger partial charge in [-0.1, -0.05) is 72.0 Å². The normalized spacial score (nSPS) is 14.4. The zero-order chi connectivity index (χ0) is 20.1. The zero-order valence-corrected chi connectivity index (χ0v) is 16.6. The van der Waals surface area contributed by atoms with E-state index in [1.165, 1.54) is 11.3 Å². The molecule has 29 heavy (non-hydrogen) atoms. The monoisotopic (exact) mass is 401 g/mol. The van der Waals surface area contributed by atoms with Crippen LogP contribution in [0.5, 0.6) is 0 Å². The SMILES string of the molecule is N#C/C(=C\c1sc(N2CCOCC2)nc1-c1ccccc1)C(=O)c1ccccc1. The third-order valence-electron chi connectivity index (χ3n) is 4.65. The molecule has 1 saturated heterocycles. The van der Waals surface area contributed by atoms with E-state index >= 15 is 0 Å². The van der Waals surface area contributed by atoms with Crippen molar-refractivity contribution in [2.45, 2.75) is 0 Å². The van der Waals surface area contributed by atoms with E-state index in [-0.39, 0.29) is 11.4 Å². The fourth-order valence-electron chi connectivity index (χ4n) is 3.14. The number of rotatable bonds is 5. The lowest BCUT2D eigenvalue weighted by Gasteiger charge is -2.26. The summed E-state index contributed by atoms with van der Waals surface area (Å²) in [6, 6.07) is 20.8. The summed E-state index contributed by atoms with van der Waals surface area (Å²) >= 11 is 1.50. The van der Waals surface area contributed by atoms with Crippen molar-refractivity contribution in [3.63, 3.8) is 0 Å². The molecule has 1 aliphatic heterocycles. The van der Waals surface area contributed by atoms with Crippen LogP contribution in [0.2, 0.25) is 0 Å². The number of Topliss-reactive ketones (excluding diaryl/α,β-unsaturated/α-hetero) is 1. The van der Waals surface area contributed by atoms with E-state index in [2.05, 4.69) is 11.0 Å². The number of nitrogens with zero attached hydrogens (tertiary/aromatic N) is 3. The molecule has 0 aliphatic carbocycles. The highest BCUT2D eigenvalue weighted by Gasteiger charge is 2.20. The average molecular weight is 401 g/mol. The molecule has 1 fully saturated rings. The number of aromatic nitrogens is 1. The maximum absolute atomic E-state index is 12.8. The highest BCUT2D eigenvalue weighted by atomic mass is 32.1. The molecule has 2 heterocycles. The van der Waals surface area contributed by atoms with Gasteiger partial charge in [0.2, 0.25) is 5.78 Å². The number of anilines is 1. The average Bonchev–Trinajstić information content (AvgIpc) is 3.23. The van der Waals surface area contributed by atoms with Gasteiger partial charge in [-0.15, -0.1) is 0 Å². The van der Waals surface area contributed by atoms with Crippen LogP contribution in [0.3, 0.4) is 0 Å². The van der Waals surface area contributed by atoms with E-state index in [0.717, 1.165) is 34.4 Å². The summed E-state index contributed by atoms with van der Waals surface area (Å²) in [5, 5.41) is 10.5. The minimum atomic E-state index is -0.284. The number of ketones is 1. The van der Waals surface area contributed by atoms with Crippen LogP contribution in [0.15, 0.2) is 66.2 Å². The summed E-state index contributed by atoms with van der Waals surface area (Å²) in [5.41, 5.74) is 2.34. The molecule has 144 valence electrons. The second-order valence-electron chi connectivity index (χ2n) is 6.54. The quantitative estimate of drug-likeness (QED) is 0.359. The van der Waals surface area contributed by atoms with Crippen LogP contribution in [-0.4, -0.2) is 37.1 Å². The number of ether oxygens (including phenoxy) is 1. The number of hydrogen-bond donors (Lipinski definition) is 0. The number of allylic oxidation sites excluding steroid dienone is 1. The van der Waals surface area contributed by atoms with Gasteiger partial charge in [0, 0.05) is 24.2 Å². The van der Waals surface area contributed by atoms with Crippen LogP contribution in [0, 0.1) is 11.3 Å².